The van der Waals surface area contributed by atoms with Crippen LogP contribution in [0.15, 0.2) is 47.4 Å². The van der Waals surface area contributed by atoms with E-state index in [9.17, 15) is 32.6 Å². The van der Waals surface area contributed by atoms with E-state index in [-0.39, 0.29) is 18.2 Å². The van der Waals surface area contributed by atoms with E-state index in [4.69, 9.17) is 0 Å². The molecular weight excluding hydrogens is 368 g/mol. The van der Waals surface area contributed by atoms with Gasteiger partial charge in [0.05, 0.1) is 5.56 Å². The average Bonchev–Trinajstić information content (AvgIpc) is 2.35. The van der Waals surface area contributed by atoms with Gasteiger partial charge in [-0.3, -0.25) is 0 Å². The van der Waals surface area contributed by atoms with Gasteiger partial charge in [-0.2, -0.15) is 8.78 Å². The average molecular weight is 378 g/mol. The first kappa shape index (κ1) is 18.4. The van der Waals surface area contributed by atoms with Gasteiger partial charge >= 0.3 is 16.3 Å². The van der Waals surface area contributed by atoms with Crippen LogP contribution in [0.5, 0.6) is 5.75 Å². The molecule has 0 heterocycles. The molecule has 2 rings (SSSR count). The van der Waals surface area contributed by atoms with Crippen molar-refractivity contribution < 1.29 is 37.3 Å². The van der Waals surface area contributed by atoms with Crippen LogP contribution in [0.3, 0.4) is 0 Å². The summed E-state index contributed by atoms with van der Waals surface area (Å²) < 4.78 is 108. The molecule has 0 atom stereocenters. The molecule has 1 nitrogen and oxygen atoms in total. The van der Waals surface area contributed by atoms with Crippen LogP contribution in [0.4, 0.5) is 32.6 Å². The minimum Gasteiger partial charge on any atom is -0.429 e. The summed E-state index contributed by atoms with van der Waals surface area (Å²) in [7, 11) is -10.3. The zero-order valence-corrected chi connectivity index (χ0v) is 12.7. The van der Waals surface area contributed by atoms with Crippen molar-refractivity contribution in [3.63, 3.8) is 0 Å². The Morgan fingerprint density at radius 2 is 1.42 bits per heavy atom. The molecule has 0 aliphatic heterocycles. The van der Waals surface area contributed by atoms with Gasteiger partial charge in [0.1, 0.15) is 16.5 Å². The quantitative estimate of drug-likeness (QED) is 0.525. The second-order valence-corrected chi connectivity index (χ2v) is 7.42. The van der Waals surface area contributed by atoms with E-state index in [1.54, 1.807) is 6.92 Å². The van der Waals surface area contributed by atoms with Gasteiger partial charge < -0.3 is 4.74 Å². The fourth-order valence-electron chi connectivity index (χ4n) is 1.81. The van der Waals surface area contributed by atoms with E-state index >= 15 is 0 Å². The minimum atomic E-state index is -10.3. The second-order valence-electron chi connectivity index (χ2n) is 5.05. The molecule has 134 valence electrons. The Hall–Kier alpha value is -1.97. The van der Waals surface area contributed by atoms with Crippen LogP contribution in [0, 0.1) is 12.7 Å². The standard InChI is InChI=1S/C14H10F8OS/c1-9-2-4-10(5-3-9)14(16,17)23-11-6-7-13(12(15)8-11)24(18,19,20,21)22/h2-8H,1H3. The van der Waals surface area contributed by atoms with Crippen LogP contribution in [0.25, 0.3) is 0 Å². The maximum Gasteiger partial charge on any atom is 0.426 e. The summed E-state index contributed by atoms with van der Waals surface area (Å²) in [5.74, 6) is -3.42. The largest absolute Gasteiger partial charge is 0.429 e. The normalized spacial score (nSPS) is 15.5. The van der Waals surface area contributed by atoms with Gasteiger partial charge in [0.15, 0.2) is 0 Å². The summed E-state index contributed by atoms with van der Waals surface area (Å²) in [6, 6.07) is 4.42. The van der Waals surface area contributed by atoms with Crippen LogP contribution in [-0.4, -0.2) is 0 Å². The third-order valence-electron chi connectivity index (χ3n) is 2.95. The second kappa shape index (κ2) is 4.78. The lowest BCUT2D eigenvalue weighted by molar-refractivity contribution is -0.185. The number of benzene rings is 2. The van der Waals surface area contributed by atoms with Crippen molar-refractivity contribution in [2.45, 2.75) is 17.9 Å². The van der Waals surface area contributed by atoms with Gasteiger partial charge in [-0.1, -0.05) is 37.1 Å². The maximum absolute atomic E-state index is 13.9. The molecule has 0 radical (unpaired) electrons. The molecule has 0 spiro atoms. The molecule has 2 aromatic carbocycles. The third kappa shape index (κ3) is 4.11. The van der Waals surface area contributed by atoms with Crippen molar-refractivity contribution in [3.8, 4) is 5.75 Å². The summed E-state index contributed by atoms with van der Waals surface area (Å²) in [4.78, 5) is -2.79. The molecule has 0 aromatic heterocycles. The fraction of sp³-hybridized carbons (Fsp3) is 0.143. The van der Waals surface area contributed by atoms with Crippen molar-refractivity contribution in [1.82, 2.24) is 0 Å². The number of hydrogen-bond donors (Lipinski definition) is 0. The Morgan fingerprint density at radius 1 is 0.875 bits per heavy atom. The topological polar surface area (TPSA) is 9.23 Å². The molecule has 0 saturated heterocycles. The molecule has 2 aromatic rings. The van der Waals surface area contributed by atoms with Crippen LogP contribution in [0.2, 0.25) is 0 Å². The van der Waals surface area contributed by atoms with Gasteiger partial charge in [-0.15, -0.1) is 0 Å². The van der Waals surface area contributed by atoms with Crippen LogP contribution < -0.4 is 4.74 Å². The van der Waals surface area contributed by atoms with E-state index in [2.05, 4.69) is 4.74 Å². The van der Waals surface area contributed by atoms with Gasteiger partial charge in [0, 0.05) is 6.07 Å². The molecule has 0 N–H and O–H groups in total. The number of rotatable bonds is 4. The Kier molecular flexibility index (Phi) is 3.66. The van der Waals surface area contributed by atoms with Gasteiger partial charge in [0.25, 0.3) is 0 Å². The highest BCUT2D eigenvalue weighted by Crippen LogP contribution is 3.02. The Bertz CT molecular complexity index is 768. The maximum atomic E-state index is 13.9. The number of hydrogen-bond acceptors (Lipinski definition) is 1. The highest BCUT2D eigenvalue weighted by molar-refractivity contribution is 8.45. The number of halogens is 8. The molecule has 0 aliphatic carbocycles. The lowest BCUT2D eigenvalue weighted by Gasteiger charge is -2.40. The zero-order valence-electron chi connectivity index (χ0n) is 11.9. The molecule has 10 heteroatoms. The summed E-state index contributed by atoms with van der Waals surface area (Å²) in [6.07, 6.45) is -3.99. The van der Waals surface area contributed by atoms with Crippen molar-refractivity contribution in [3.05, 3.63) is 59.4 Å². The number of alkyl halides is 2. The van der Waals surface area contributed by atoms with Crippen molar-refractivity contribution in [1.29, 1.82) is 0 Å². The predicted octanol–water partition coefficient (Wildman–Crippen LogP) is 6.92. The SMILES string of the molecule is Cc1ccc(C(F)(F)Oc2ccc(S(F)(F)(F)(F)F)c(F)c2)cc1. The van der Waals surface area contributed by atoms with E-state index in [0.29, 0.717) is 5.56 Å². The summed E-state index contributed by atoms with van der Waals surface area (Å²) in [5.41, 5.74) is 0.0334. The molecule has 0 amide bonds. The van der Waals surface area contributed by atoms with Gasteiger partial charge in [-0.25, -0.2) is 4.39 Å². The number of aryl methyl sites for hydroxylation is 1. The van der Waals surface area contributed by atoms with Crippen LogP contribution >= 0.6 is 10.2 Å². The van der Waals surface area contributed by atoms with Crippen LogP contribution in [-0.2, 0) is 6.11 Å². The summed E-state index contributed by atoms with van der Waals surface area (Å²) >= 11 is 0. The summed E-state index contributed by atoms with van der Waals surface area (Å²) in [5, 5.41) is 0. The lowest BCUT2D eigenvalue weighted by atomic mass is 10.1. The monoisotopic (exact) mass is 378 g/mol. The van der Waals surface area contributed by atoms with E-state index in [1.165, 1.54) is 12.1 Å². The van der Waals surface area contributed by atoms with Crippen molar-refractivity contribution in [2.75, 3.05) is 0 Å². The highest BCUT2D eigenvalue weighted by atomic mass is 32.5. The first-order chi connectivity index (χ1) is 10.6. The lowest BCUT2D eigenvalue weighted by Crippen LogP contribution is -2.22. The van der Waals surface area contributed by atoms with Crippen LogP contribution in [0.1, 0.15) is 11.1 Å². The highest BCUT2D eigenvalue weighted by Gasteiger charge is 2.67. The van der Waals surface area contributed by atoms with E-state index < -0.39 is 38.4 Å². The van der Waals surface area contributed by atoms with E-state index in [1.807, 2.05) is 0 Å². The van der Waals surface area contributed by atoms with Crippen molar-refractivity contribution >= 4 is 10.2 Å². The molecule has 0 fully saturated rings. The van der Waals surface area contributed by atoms with Gasteiger partial charge in [0.2, 0.25) is 0 Å². The van der Waals surface area contributed by atoms with Gasteiger partial charge in [-0.05, 0) is 31.2 Å². The molecule has 24 heavy (non-hydrogen) atoms. The third-order valence-corrected chi connectivity index (χ3v) is 4.11. The zero-order chi connectivity index (χ0) is 18.5. The Labute approximate surface area is 131 Å². The van der Waals surface area contributed by atoms with E-state index in [0.717, 1.165) is 12.1 Å². The summed E-state index contributed by atoms with van der Waals surface area (Å²) in [6.45, 7) is 1.64. The molecule has 0 unspecified atom stereocenters. The number of ether oxygens (including phenoxy) is 1. The molecular formula is C14H10F8OS. The first-order valence-corrected chi connectivity index (χ1v) is 8.21. The fourth-order valence-corrected chi connectivity index (χ4v) is 2.57. The minimum absolute atomic E-state index is 0.157. The first-order valence-electron chi connectivity index (χ1n) is 6.26. The molecule has 0 bridgehead atoms. The molecule has 0 aliphatic rings. The van der Waals surface area contributed by atoms with Crippen molar-refractivity contribution in [2.24, 2.45) is 0 Å². The Morgan fingerprint density at radius 3 is 1.88 bits per heavy atom. The molecule has 0 saturated carbocycles. The Balaban J connectivity index is 2.35. The smallest absolute Gasteiger partial charge is 0.426 e. The predicted molar refractivity (Wildman–Crippen MR) is 73.5 cm³/mol.